The fourth-order valence-electron chi connectivity index (χ4n) is 3.24. The van der Waals surface area contributed by atoms with Gasteiger partial charge in [-0.15, -0.1) is 12.4 Å². The standard InChI is InChI=1S/C22H20Cl2N4OS.ClH/c1-15-3-8-18(24)21-20(15)26-22(30-21)28(11-2-10-27-12-9-25-14-27)19(29)13-16-4-6-17(23)7-5-16;/h3-9,12,14H,2,10-11,13H2,1H3;1H. The highest BCUT2D eigenvalue weighted by atomic mass is 35.5. The Balaban J connectivity index is 0.00000272. The molecule has 2 heterocycles. The summed E-state index contributed by atoms with van der Waals surface area (Å²) in [4.78, 5) is 23.9. The molecule has 4 aromatic rings. The van der Waals surface area contributed by atoms with E-state index >= 15 is 0 Å². The molecule has 0 N–H and O–H groups in total. The monoisotopic (exact) mass is 494 g/mol. The molecule has 2 aromatic carbocycles. The molecular weight excluding hydrogens is 475 g/mol. The maximum Gasteiger partial charge on any atom is 0.233 e. The average molecular weight is 496 g/mol. The van der Waals surface area contributed by atoms with E-state index in [1.807, 2.05) is 42.0 Å². The summed E-state index contributed by atoms with van der Waals surface area (Å²) >= 11 is 13.8. The Hall–Kier alpha value is -2.12. The van der Waals surface area contributed by atoms with Gasteiger partial charge in [-0.05, 0) is 42.7 Å². The number of imidazole rings is 1. The number of amides is 1. The Labute approximate surface area is 201 Å². The lowest BCUT2D eigenvalue weighted by atomic mass is 10.1. The third kappa shape index (κ3) is 5.57. The van der Waals surface area contributed by atoms with Crippen LogP contribution in [0, 0.1) is 6.92 Å². The first-order valence-electron chi connectivity index (χ1n) is 9.57. The molecule has 1 amide bonds. The Morgan fingerprint density at radius 1 is 1.16 bits per heavy atom. The van der Waals surface area contributed by atoms with Gasteiger partial charge >= 0.3 is 0 Å². The van der Waals surface area contributed by atoms with E-state index in [0.717, 1.165) is 34.3 Å². The zero-order valence-corrected chi connectivity index (χ0v) is 19.9. The molecule has 0 aliphatic rings. The van der Waals surface area contributed by atoms with Crippen molar-refractivity contribution in [1.82, 2.24) is 14.5 Å². The van der Waals surface area contributed by atoms with Crippen molar-refractivity contribution in [1.29, 1.82) is 0 Å². The van der Waals surface area contributed by atoms with Crippen molar-refractivity contribution >= 4 is 68.2 Å². The molecular formula is C22H21Cl3N4OS. The lowest BCUT2D eigenvalue weighted by Gasteiger charge is -2.20. The number of fused-ring (bicyclic) bond motifs is 1. The molecule has 5 nitrogen and oxygen atoms in total. The van der Waals surface area contributed by atoms with E-state index < -0.39 is 0 Å². The molecule has 0 spiro atoms. The van der Waals surface area contributed by atoms with Crippen LogP contribution in [0.5, 0.6) is 0 Å². The second kappa shape index (κ2) is 10.5. The van der Waals surface area contributed by atoms with Crippen LogP contribution < -0.4 is 4.90 Å². The highest BCUT2D eigenvalue weighted by molar-refractivity contribution is 7.23. The molecule has 0 aliphatic heterocycles. The zero-order chi connectivity index (χ0) is 21.1. The molecule has 31 heavy (non-hydrogen) atoms. The highest BCUT2D eigenvalue weighted by Gasteiger charge is 2.21. The van der Waals surface area contributed by atoms with Gasteiger partial charge in [-0.3, -0.25) is 9.69 Å². The number of rotatable bonds is 7. The first kappa shape index (κ1) is 23.5. The van der Waals surface area contributed by atoms with Crippen LogP contribution in [0.2, 0.25) is 10.0 Å². The molecule has 0 unspecified atom stereocenters. The zero-order valence-electron chi connectivity index (χ0n) is 16.8. The molecule has 0 bridgehead atoms. The number of carbonyl (C=O) groups is 1. The van der Waals surface area contributed by atoms with Gasteiger partial charge in [0.25, 0.3) is 0 Å². The number of carbonyl (C=O) groups excluding carboxylic acids is 1. The van der Waals surface area contributed by atoms with Crippen LogP contribution in [0.1, 0.15) is 17.5 Å². The van der Waals surface area contributed by atoms with Crippen LogP contribution in [0.25, 0.3) is 10.2 Å². The number of anilines is 1. The first-order chi connectivity index (χ1) is 14.5. The predicted octanol–water partition coefficient (Wildman–Crippen LogP) is 6.20. The number of halogens is 3. The van der Waals surface area contributed by atoms with Crippen LogP contribution in [0.15, 0.2) is 55.1 Å². The van der Waals surface area contributed by atoms with E-state index in [2.05, 4.69) is 4.98 Å². The number of aryl methyl sites for hydroxylation is 2. The minimum absolute atomic E-state index is 0. The molecule has 0 saturated heterocycles. The van der Waals surface area contributed by atoms with Gasteiger partial charge in [-0.25, -0.2) is 9.97 Å². The van der Waals surface area contributed by atoms with Crippen molar-refractivity contribution in [2.24, 2.45) is 0 Å². The van der Waals surface area contributed by atoms with Crippen molar-refractivity contribution in [3.8, 4) is 0 Å². The van der Waals surface area contributed by atoms with Gasteiger partial charge in [-0.1, -0.05) is 52.7 Å². The number of hydrogen-bond acceptors (Lipinski definition) is 4. The second-order valence-corrected chi connectivity index (χ2v) is 8.86. The summed E-state index contributed by atoms with van der Waals surface area (Å²) in [7, 11) is 0. The number of benzene rings is 2. The van der Waals surface area contributed by atoms with Crippen LogP contribution in [0.4, 0.5) is 5.13 Å². The van der Waals surface area contributed by atoms with Crippen LogP contribution in [0.3, 0.4) is 0 Å². The molecule has 0 aliphatic carbocycles. The van der Waals surface area contributed by atoms with Crippen molar-refractivity contribution in [3.63, 3.8) is 0 Å². The SMILES string of the molecule is Cc1ccc(Cl)c2sc(N(CCCn3ccnc3)C(=O)Cc3ccc(Cl)cc3)nc12.Cl. The van der Waals surface area contributed by atoms with Crippen LogP contribution >= 0.6 is 46.9 Å². The topological polar surface area (TPSA) is 51.0 Å². The van der Waals surface area contributed by atoms with E-state index in [4.69, 9.17) is 28.2 Å². The van der Waals surface area contributed by atoms with Crippen LogP contribution in [-0.4, -0.2) is 27.0 Å². The molecule has 0 saturated carbocycles. The third-order valence-electron chi connectivity index (χ3n) is 4.84. The maximum absolute atomic E-state index is 13.2. The summed E-state index contributed by atoms with van der Waals surface area (Å²) in [5.74, 6) is -0.00390. The normalized spacial score (nSPS) is 10.8. The smallest absolute Gasteiger partial charge is 0.233 e. The van der Waals surface area contributed by atoms with Gasteiger partial charge in [0.2, 0.25) is 5.91 Å². The van der Waals surface area contributed by atoms with Crippen molar-refractivity contribution in [2.45, 2.75) is 26.3 Å². The summed E-state index contributed by atoms with van der Waals surface area (Å²) in [6.07, 6.45) is 6.51. The van der Waals surface area contributed by atoms with Gasteiger partial charge in [0, 0.05) is 30.5 Å². The largest absolute Gasteiger partial charge is 0.337 e. The van der Waals surface area contributed by atoms with Gasteiger partial charge < -0.3 is 4.57 Å². The van der Waals surface area contributed by atoms with E-state index in [1.54, 1.807) is 29.6 Å². The molecule has 0 radical (unpaired) electrons. The molecule has 2 aromatic heterocycles. The van der Waals surface area contributed by atoms with Crippen LogP contribution in [-0.2, 0) is 17.8 Å². The maximum atomic E-state index is 13.2. The molecule has 9 heteroatoms. The van der Waals surface area contributed by atoms with E-state index in [1.165, 1.54) is 11.3 Å². The Morgan fingerprint density at radius 3 is 2.61 bits per heavy atom. The summed E-state index contributed by atoms with van der Waals surface area (Å²) < 4.78 is 2.91. The van der Waals surface area contributed by atoms with E-state index in [-0.39, 0.29) is 24.7 Å². The predicted molar refractivity (Wildman–Crippen MR) is 131 cm³/mol. The fourth-order valence-corrected chi connectivity index (χ4v) is 4.72. The summed E-state index contributed by atoms with van der Waals surface area (Å²) in [6, 6.07) is 11.2. The fraction of sp³-hybridized carbons (Fsp3) is 0.227. The van der Waals surface area contributed by atoms with E-state index in [9.17, 15) is 4.79 Å². The number of hydrogen-bond donors (Lipinski definition) is 0. The minimum atomic E-state index is -0.00390. The Kier molecular flexibility index (Phi) is 7.94. The molecule has 4 rings (SSSR count). The Bertz CT molecular complexity index is 1120. The number of nitrogens with zero attached hydrogens (tertiary/aromatic N) is 4. The lowest BCUT2D eigenvalue weighted by molar-refractivity contribution is -0.118. The van der Waals surface area contributed by atoms with Crippen molar-refractivity contribution in [2.75, 3.05) is 11.4 Å². The third-order valence-corrected chi connectivity index (χ3v) is 6.63. The van der Waals surface area contributed by atoms with Gasteiger partial charge in [0.15, 0.2) is 5.13 Å². The highest BCUT2D eigenvalue weighted by Crippen LogP contribution is 2.36. The average Bonchev–Trinajstić information content (AvgIpc) is 3.40. The first-order valence-corrected chi connectivity index (χ1v) is 11.1. The number of aromatic nitrogens is 3. The lowest BCUT2D eigenvalue weighted by Crippen LogP contribution is -2.33. The number of thiazole rings is 1. The van der Waals surface area contributed by atoms with Gasteiger partial charge in [0.1, 0.15) is 0 Å². The summed E-state index contributed by atoms with van der Waals surface area (Å²) in [5, 5.41) is 1.98. The quantitative estimate of drug-likeness (QED) is 0.307. The Morgan fingerprint density at radius 2 is 1.94 bits per heavy atom. The van der Waals surface area contributed by atoms with Gasteiger partial charge in [-0.2, -0.15) is 0 Å². The van der Waals surface area contributed by atoms with E-state index in [0.29, 0.717) is 21.7 Å². The van der Waals surface area contributed by atoms with Gasteiger partial charge in [0.05, 0.1) is 28.0 Å². The summed E-state index contributed by atoms with van der Waals surface area (Å²) in [6.45, 7) is 3.33. The molecule has 0 fully saturated rings. The summed E-state index contributed by atoms with van der Waals surface area (Å²) in [5.41, 5.74) is 2.81. The molecule has 0 atom stereocenters. The molecule has 162 valence electrons. The van der Waals surface area contributed by atoms with Crippen molar-refractivity contribution < 1.29 is 4.79 Å². The second-order valence-electron chi connectivity index (χ2n) is 7.04. The minimum Gasteiger partial charge on any atom is -0.337 e. The van der Waals surface area contributed by atoms with Crippen molar-refractivity contribution in [3.05, 3.63) is 76.3 Å².